The second kappa shape index (κ2) is 6.07. The van der Waals surface area contributed by atoms with Crippen molar-refractivity contribution in [1.82, 2.24) is 4.98 Å². The van der Waals surface area contributed by atoms with Gasteiger partial charge in [-0.2, -0.15) is 0 Å². The van der Waals surface area contributed by atoms with Crippen LogP contribution >= 0.6 is 22.9 Å². The smallest absolute Gasteiger partial charge is 0.255 e. The Morgan fingerprint density at radius 2 is 2.31 bits per heavy atom. The summed E-state index contributed by atoms with van der Waals surface area (Å²) >= 11 is 6.54. The van der Waals surface area contributed by atoms with E-state index in [4.69, 9.17) is 16.7 Å². The summed E-state index contributed by atoms with van der Waals surface area (Å²) in [5, 5.41) is 8.93. The molecule has 0 fully saturated rings. The molecule has 0 spiro atoms. The lowest BCUT2D eigenvalue weighted by Gasteiger charge is -2.19. The average Bonchev–Trinajstić information content (AvgIpc) is 2.58. The van der Waals surface area contributed by atoms with E-state index in [1.807, 2.05) is 0 Å². The quantitative estimate of drug-likeness (QED) is 0.799. The van der Waals surface area contributed by atoms with Crippen LogP contribution in [-0.4, -0.2) is 42.5 Å². The standard InChI is InChI=1S/C8H9ClF2N2O2S/c9-7-5(4-15)16-8(12-7)13(1-2-14)3-6(10)11/h4,6,14H,1-3H2. The Morgan fingerprint density at radius 1 is 1.62 bits per heavy atom. The lowest BCUT2D eigenvalue weighted by molar-refractivity contribution is 0.112. The molecule has 0 saturated carbocycles. The van der Waals surface area contributed by atoms with Gasteiger partial charge in [0.15, 0.2) is 16.6 Å². The summed E-state index contributed by atoms with van der Waals surface area (Å²) in [6.07, 6.45) is -2.03. The number of rotatable bonds is 6. The van der Waals surface area contributed by atoms with E-state index in [9.17, 15) is 13.6 Å². The zero-order valence-corrected chi connectivity index (χ0v) is 9.64. The van der Waals surface area contributed by atoms with E-state index in [-0.39, 0.29) is 28.3 Å². The molecule has 4 nitrogen and oxygen atoms in total. The minimum absolute atomic E-state index is 0.00722. The van der Waals surface area contributed by atoms with Crippen LogP contribution in [-0.2, 0) is 0 Å². The largest absolute Gasteiger partial charge is 0.395 e. The fourth-order valence-electron chi connectivity index (χ4n) is 1.06. The molecule has 0 atom stereocenters. The fourth-order valence-corrected chi connectivity index (χ4v) is 2.16. The Labute approximate surface area is 99.5 Å². The van der Waals surface area contributed by atoms with Crippen molar-refractivity contribution in [3.63, 3.8) is 0 Å². The van der Waals surface area contributed by atoms with Crippen molar-refractivity contribution in [3.8, 4) is 0 Å². The number of alkyl halides is 2. The number of aliphatic hydroxyl groups excluding tert-OH is 1. The molecule has 90 valence electrons. The van der Waals surface area contributed by atoms with Gasteiger partial charge in [-0.05, 0) is 0 Å². The number of aldehydes is 1. The molecule has 0 aromatic carbocycles. The molecule has 1 rings (SSSR count). The van der Waals surface area contributed by atoms with Crippen molar-refractivity contribution in [2.45, 2.75) is 6.43 Å². The van der Waals surface area contributed by atoms with E-state index in [1.54, 1.807) is 0 Å². The van der Waals surface area contributed by atoms with E-state index in [0.717, 1.165) is 11.3 Å². The monoisotopic (exact) mass is 270 g/mol. The highest BCUT2D eigenvalue weighted by atomic mass is 35.5. The number of carbonyl (C=O) groups is 1. The first-order chi connectivity index (χ1) is 7.58. The van der Waals surface area contributed by atoms with E-state index >= 15 is 0 Å². The summed E-state index contributed by atoms with van der Waals surface area (Å²) in [5.41, 5.74) is 0. The number of aliphatic hydroxyl groups is 1. The molecular weight excluding hydrogens is 262 g/mol. The number of hydrogen-bond donors (Lipinski definition) is 1. The van der Waals surface area contributed by atoms with E-state index in [2.05, 4.69) is 4.98 Å². The van der Waals surface area contributed by atoms with Gasteiger partial charge in [-0.1, -0.05) is 22.9 Å². The van der Waals surface area contributed by atoms with Crippen LogP contribution in [0.25, 0.3) is 0 Å². The first-order valence-corrected chi connectivity index (χ1v) is 5.53. The Bertz CT molecular complexity index is 362. The first kappa shape index (κ1) is 13.3. The minimum Gasteiger partial charge on any atom is -0.395 e. The van der Waals surface area contributed by atoms with Crippen LogP contribution in [0, 0.1) is 0 Å². The second-order valence-electron chi connectivity index (χ2n) is 2.83. The summed E-state index contributed by atoms with van der Waals surface area (Å²) in [6.45, 7) is -0.810. The number of aromatic nitrogens is 1. The maximum Gasteiger partial charge on any atom is 0.255 e. The molecular formula is C8H9ClF2N2O2S. The topological polar surface area (TPSA) is 53.4 Å². The van der Waals surface area contributed by atoms with Crippen molar-refractivity contribution in [3.05, 3.63) is 10.0 Å². The van der Waals surface area contributed by atoms with Crippen LogP contribution in [0.2, 0.25) is 5.15 Å². The SMILES string of the molecule is O=Cc1sc(N(CCO)CC(F)F)nc1Cl. The number of halogens is 3. The molecule has 0 aliphatic rings. The molecule has 0 amide bonds. The van der Waals surface area contributed by atoms with Crippen LogP contribution in [0.15, 0.2) is 0 Å². The normalized spacial score (nSPS) is 10.8. The molecule has 0 radical (unpaired) electrons. The van der Waals surface area contributed by atoms with Gasteiger partial charge in [0, 0.05) is 6.54 Å². The molecule has 1 heterocycles. The third-order valence-electron chi connectivity index (χ3n) is 1.70. The van der Waals surface area contributed by atoms with Gasteiger partial charge in [0.25, 0.3) is 6.43 Å². The molecule has 0 unspecified atom stereocenters. The zero-order valence-electron chi connectivity index (χ0n) is 8.07. The lowest BCUT2D eigenvalue weighted by Crippen LogP contribution is -2.31. The Kier molecular flexibility index (Phi) is 5.04. The molecule has 0 aliphatic heterocycles. The highest BCUT2D eigenvalue weighted by molar-refractivity contribution is 7.17. The van der Waals surface area contributed by atoms with Gasteiger partial charge in [0.2, 0.25) is 0 Å². The minimum atomic E-state index is -2.55. The molecule has 16 heavy (non-hydrogen) atoms. The average molecular weight is 271 g/mol. The van der Waals surface area contributed by atoms with Crippen molar-refractivity contribution in [2.75, 3.05) is 24.6 Å². The summed E-state index contributed by atoms with van der Waals surface area (Å²) in [5.74, 6) is 0. The van der Waals surface area contributed by atoms with Gasteiger partial charge in [-0.3, -0.25) is 4.79 Å². The molecule has 8 heteroatoms. The highest BCUT2D eigenvalue weighted by Gasteiger charge is 2.18. The van der Waals surface area contributed by atoms with Crippen LogP contribution in [0.5, 0.6) is 0 Å². The van der Waals surface area contributed by atoms with Crippen LogP contribution in [0.4, 0.5) is 13.9 Å². The predicted molar refractivity (Wildman–Crippen MR) is 57.8 cm³/mol. The molecule has 0 saturated heterocycles. The summed E-state index contributed by atoms with van der Waals surface area (Å²) in [6, 6.07) is 0. The third kappa shape index (κ3) is 3.36. The van der Waals surface area contributed by atoms with Crippen molar-refractivity contribution >= 4 is 34.4 Å². The summed E-state index contributed by atoms with van der Waals surface area (Å²) in [7, 11) is 0. The summed E-state index contributed by atoms with van der Waals surface area (Å²) < 4.78 is 24.5. The van der Waals surface area contributed by atoms with Gasteiger partial charge in [0.1, 0.15) is 4.88 Å². The van der Waals surface area contributed by atoms with Crippen molar-refractivity contribution in [2.24, 2.45) is 0 Å². The molecule has 1 aromatic heterocycles. The number of anilines is 1. The van der Waals surface area contributed by atoms with E-state index in [0.29, 0.717) is 6.29 Å². The maximum atomic E-state index is 12.2. The molecule has 0 bridgehead atoms. The Balaban J connectivity index is 2.87. The van der Waals surface area contributed by atoms with E-state index < -0.39 is 13.0 Å². The fraction of sp³-hybridized carbons (Fsp3) is 0.500. The predicted octanol–water partition coefficient (Wildman–Crippen LogP) is 1.67. The first-order valence-electron chi connectivity index (χ1n) is 4.34. The van der Waals surface area contributed by atoms with Gasteiger partial charge in [0.05, 0.1) is 13.2 Å². The van der Waals surface area contributed by atoms with Gasteiger partial charge in [-0.15, -0.1) is 0 Å². The van der Waals surface area contributed by atoms with Gasteiger partial charge < -0.3 is 10.0 Å². The van der Waals surface area contributed by atoms with Crippen molar-refractivity contribution in [1.29, 1.82) is 0 Å². The summed E-state index contributed by atoms with van der Waals surface area (Å²) in [4.78, 5) is 15.7. The van der Waals surface area contributed by atoms with Crippen LogP contribution in [0.3, 0.4) is 0 Å². The Morgan fingerprint density at radius 3 is 2.75 bits per heavy atom. The lowest BCUT2D eigenvalue weighted by atomic mass is 10.5. The maximum absolute atomic E-state index is 12.2. The second-order valence-corrected chi connectivity index (χ2v) is 4.20. The molecule has 0 aliphatic carbocycles. The van der Waals surface area contributed by atoms with Gasteiger partial charge in [-0.25, -0.2) is 13.8 Å². The number of hydrogen-bond acceptors (Lipinski definition) is 5. The van der Waals surface area contributed by atoms with Gasteiger partial charge >= 0.3 is 0 Å². The number of carbonyl (C=O) groups excluding carboxylic acids is 1. The third-order valence-corrected chi connectivity index (χ3v) is 3.15. The van der Waals surface area contributed by atoms with Crippen molar-refractivity contribution < 1.29 is 18.7 Å². The highest BCUT2D eigenvalue weighted by Crippen LogP contribution is 2.28. The number of nitrogens with zero attached hydrogens (tertiary/aromatic N) is 2. The Hall–Kier alpha value is -0.790. The molecule has 1 N–H and O–H groups in total. The van der Waals surface area contributed by atoms with E-state index in [1.165, 1.54) is 4.90 Å². The zero-order chi connectivity index (χ0) is 12.1. The number of thiazole rings is 1. The van der Waals surface area contributed by atoms with Crippen LogP contribution < -0.4 is 4.90 Å². The molecule has 1 aromatic rings. The van der Waals surface area contributed by atoms with Crippen LogP contribution in [0.1, 0.15) is 9.67 Å².